The van der Waals surface area contributed by atoms with E-state index < -0.39 is 10.8 Å². The molecule has 0 aromatic rings. The number of hydrazine groups is 1. The van der Waals surface area contributed by atoms with Crippen molar-refractivity contribution in [3.05, 3.63) is 29.0 Å². The van der Waals surface area contributed by atoms with Crippen molar-refractivity contribution in [3.63, 3.8) is 0 Å². The zero-order valence-corrected chi connectivity index (χ0v) is 9.50. The van der Waals surface area contributed by atoms with Crippen molar-refractivity contribution in [2.45, 2.75) is 4.83 Å². The van der Waals surface area contributed by atoms with Gasteiger partial charge in [0.2, 0.25) is 0 Å². The lowest BCUT2D eigenvalue weighted by Crippen LogP contribution is -2.29. The van der Waals surface area contributed by atoms with Crippen LogP contribution in [0.3, 0.4) is 0 Å². The summed E-state index contributed by atoms with van der Waals surface area (Å²) < 4.78 is 4.56. The molecule has 1 rings (SSSR count). The zero-order valence-electron chi connectivity index (χ0n) is 7.91. The van der Waals surface area contributed by atoms with Gasteiger partial charge in [-0.05, 0) is 12.2 Å². The molecular formula is C9H9BrN2O3. The standard InChI is InChI=1S/C9H9BrN2O3/c1-15-9(14)5-2-3-7(12-11)6(4-13)8(5)10/h2-3,8,12H,11H2,1H3. The van der Waals surface area contributed by atoms with Crippen LogP contribution in [0.4, 0.5) is 0 Å². The molecular weight excluding hydrogens is 264 g/mol. The van der Waals surface area contributed by atoms with E-state index in [0.717, 1.165) is 0 Å². The van der Waals surface area contributed by atoms with E-state index in [1.165, 1.54) is 19.3 Å². The van der Waals surface area contributed by atoms with E-state index in [1.54, 1.807) is 5.94 Å². The second-order valence-electron chi connectivity index (χ2n) is 2.72. The predicted molar refractivity (Wildman–Crippen MR) is 57.4 cm³/mol. The molecule has 1 aliphatic carbocycles. The number of nitrogens with two attached hydrogens (primary N) is 1. The summed E-state index contributed by atoms with van der Waals surface area (Å²) in [4.78, 5) is 21.4. The SMILES string of the molecule is COC(=O)C1=CC=C(NN)C(=C=O)C1Br. The molecule has 0 fully saturated rings. The van der Waals surface area contributed by atoms with Crippen LogP contribution in [0.25, 0.3) is 0 Å². The Labute approximate surface area is 94.7 Å². The van der Waals surface area contributed by atoms with Gasteiger partial charge in [-0.15, -0.1) is 0 Å². The highest BCUT2D eigenvalue weighted by Crippen LogP contribution is 2.28. The van der Waals surface area contributed by atoms with Gasteiger partial charge in [-0.3, -0.25) is 5.84 Å². The second-order valence-corrected chi connectivity index (χ2v) is 3.63. The number of carbonyl (C=O) groups is 1. The highest BCUT2D eigenvalue weighted by atomic mass is 79.9. The summed E-state index contributed by atoms with van der Waals surface area (Å²) in [6.07, 6.45) is 3.05. The molecule has 0 bridgehead atoms. The van der Waals surface area contributed by atoms with Crippen LogP contribution in [0.15, 0.2) is 29.0 Å². The topological polar surface area (TPSA) is 81.4 Å². The highest BCUT2D eigenvalue weighted by Gasteiger charge is 2.28. The first kappa shape index (κ1) is 11.7. The summed E-state index contributed by atoms with van der Waals surface area (Å²) in [5.41, 5.74) is 3.33. The number of hydrogen-bond acceptors (Lipinski definition) is 5. The van der Waals surface area contributed by atoms with Crippen LogP contribution in [0.5, 0.6) is 0 Å². The first-order valence-electron chi connectivity index (χ1n) is 4.02. The number of ether oxygens (including phenoxy) is 1. The van der Waals surface area contributed by atoms with Gasteiger partial charge in [0.05, 0.1) is 28.8 Å². The Balaban J connectivity index is 3.14. The Morgan fingerprint density at radius 3 is 2.80 bits per heavy atom. The minimum atomic E-state index is -0.557. The average molecular weight is 273 g/mol. The van der Waals surface area contributed by atoms with Crippen LogP contribution in [-0.4, -0.2) is 23.8 Å². The third-order valence-electron chi connectivity index (χ3n) is 1.93. The number of nitrogens with one attached hydrogen (secondary N) is 1. The monoisotopic (exact) mass is 272 g/mol. The number of esters is 1. The number of carbonyl (C=O) groups excluding carboxylic acids is 2. The van der Waals surface area contributed by atoms with E-state index >= 15 is 0 Å². The van der Waals surface area contributed by atoms with Gasteiger partial charge < -0.3 is 10.2 Å². The van der Waals surface area contributed by atoms with Crippen molar-refractivity contribution in [3.8, 4) is 0 Å². The van der Waals surface area contributed by atoms with E-state index in [9.17, 15) is 9.59 Å². The van der Waals surface area contributed by atoms with E-state index in [0.29, 0.717) is 11.3 Å². The average Bonchev–Trinajstić information content (AvgIpc) is 2.27. The van der Waals surface area contributed by atoms with Crippen LogP contribution in [-0.2, 0) is 14.3 Å². The first-order valence-corrected chi connectivity index (χ1v) is 4.93. The van der Waals surface area contributed by atoms with Crippen LogP contribution >= 0.6 is 15.9 Å². The fourth-order valence-electron chi connectivity index (χ4n) is 1.16. The predicted octanol–water partition coefficient (Wildman–Crippen LogP) is -0.0319. The molecule has 0 saturated carbocycles. The van der Waals surface area contributed by atoms with Crippen molar-refractivity contribution in [1.82, 2.24) is 5.43 Å². The number of alkyl halides is 1. The summed E-state index contributed by atoms with van der Waals surface area (Å²) in [6, 6.07) is 0. The molecule has 3 N–H and O–H groups in total. The lowest BCUT2D eigenvalue weighted by atomic mass is 9.98. The number of methoxy groups -OCH3 is 1. The number of hydrogen-bond donors (Lipinski definition) is 2. The molecule has 0 amide bonds. The Morgan fingerprint density at radius 1 is 1.67 bits per heavy atom. The smallest absolute Gasteiger partial charge is 0.335 e. The van der Waals surface area contributed by atoms with Crippen LogP contribution in [0.2, 0.25) is 0 Å². The van der Waals surface area contributed by atoms with Crippen molar-refractivity contribution in [2.24, 2.45) is 5.84 Å². The number of rotatable bonds is 2. The number of halogens is 1. The van der Waals surface area contributed by atoms with E-state index in [1.807, 2.05) is 0 Å². The molecule has 0 aliphatic heterocycles. The Morgan fingerprint density at radius 2 is 2.33 bits per heavy atom. The van der Waals surface area contributed by atoms with Crippen molar-refractivity contribution in [2.75, 3.05) is 7.11 Å². The largest absolute Gasteiger partial charge is 0.466 e. The van der Waals surface area contributed by atoms with Crippen LogP contribution in [0, 0.1) is 0 Å². The molecule has 1 aliphatic rings. The molecule has 0 saturated heterocycles. The van der Waals surface area contributed by atoms with Gasteiger partial charge >= 0.3 is 5.97 Å². The maximum absolute atomic E-state index is 11.3. The molecule has 6 heteroatoms. The van der Waals surface area contributed by atoms with Crippen molar-refractivity contribution >= 4 is 27.8 Å². The lowest BCUT2D eigenvalue weighted by molar-refractivity contribution is -0.136. The number of allylic oxidation sites excluding steroid dienone is 3. The van der Waals surface area contributed by atoms with E-state index in [4.69, 9.17) is 5.84 Å². The van der Waals surface area contributed by atoms with Gasteiger partial charge in [0, 0.05) is 0 Å². The molecule has 0 heterocycles. The molecule has 0 radical (unpaired) electrons. The molecule has 15 heavy (non-hydrogen) atoms. The molecule has 0 aromatic heterocycles. The Hall–Kier alpha value is -1.36. The van der Waals surface area contributed by atoms with Gasteiger partial charge in [0.25, 0.3) is 0 Å². The van der Waals surface area contributed by atoms with Crippen LogP contribution in [0.1, 0.15) is 0 Å². The Kier molecular flexibility index (Phi) is 3.85. The highest BCUT2D eigenvalue weighted by molar-refractivity contribution is 9.09. The maximum atomic E-state index is 11.3. The van der Waals surface area contributed by atoms with Crippen LogP contribution < -0.4 is 11.3 Å². The van der Waals surface area contributed by atoms with Gasteiger partial charge in [0.1, 0.15) is 5.94 Å². The van der Waals surface area contributed by atoms with E-state index in [2.05, 4.69) is 26.1 Å². The summed E-state index contributed by atoms with van der Waals surface area (Å²) >= 11 is 3.20. The minimum absolute atomic E-state index is 0.236. The fourth-order valence-corrected chi connectivity index (χ4v) is 1.84. The fraction of sp³-hybridized carbons (Fsp3) is 0.222. The maximum Gasteiger partial charge on any atom is 0.335 e. The second kappa shape index (κ2) is 4.93. The van der Waals surface area contributed by atoms with E-state index in [-0.39, 0.29) is 5.57 Å². The van der Waals surface area contributed by atoms with Gasteiger partial charge in [-0.25, -0.2) is 9.59 Å². The first-order chi connectivity index (χ1) is 7.15. The summed E-state index contributed by atoms with van der Waals surface area (Å²) in [5, 5.41) is 0. The molecule has 1 atom stereocenters. The van der Waals surface area contributed by atoms with Gasteiger partial charge in [-0.2, -0.15) is 0 Å². The third kappa shape index (κ3) is 2.18. The third-order valence-corrected chi connectivity index (χ3v) is 2.88. The summed E-state index contributed by atoms with van der Waals surface area (Å²) in [6.45, 7) is 0. The minimum Gasteiger partial charge on any atom is -0.466 e. The molecule has 80 valence electrons. The van der Waals surface area contributed by atoms with Crippen molar-refractivity contribution in [1.29, 1.82) is 0 Å². The molecule has 0 spiro atoms. The summed E-state index contributed by atoms with van der Waals surface area (Å²) in [5.74, 6) is 6.42. The quantitative estimate of drug-likeness (QED) is 0.243. The molecule has 1 unspecified atom stereocenters. The van der Waals surface area contributed by atoms with Crippen molar-refractivity contribution < 1.29 is 14.3 Å². The normalized spacial score (nSPS) is 19.9. The Bertz CT molecular complexity index is 394. The molecule has 5 nitrogen and oxygen atoms in total. The lowest BCUT2D eigenvalue weighted by Gasteiger charge is -2.19. The zero-order chi connectivity index (χ0) is 11.4. The van der Waals surface area contributed by atoms with Gasteiger partial charge in [0.15, 0.2) is 0 Å². The summed E-state index contributed by atoms with van der Waals surface area (Å²) in [7, 11) is 1.27. The molecule has 0 aromatic carbocycles. The van der Waals surface area contributed by atoms with Gasteiger partial charge in [-0.1, -0.05) is 15.9 Å².